The van der Waals surface area contributed by atoms with Gasteiger partial charge < -0.3 is 14.6 Å². The van der Waals surface area contributed by atoms with E-state index in [9.17, 15) is 9.59 Å². The van der Waals surface area contributed by atoms with Crippen LogP contribution in [0.5, 0.6) is 11.5 Å². The van der Waals surface area contributed by atoms with Crippen LogP contribution in [-0.4, -0.2) is 40.9 Å². The first-order chi connectivity index (χ1) is 16.0. The molecule has 4 rings (SSSR count). The molecule has 0 radical (unpaired) electrons. The van der Waals surface area contributed by atoms with Crippen molar-refractivity contribution in [1.29, 1.82) is 0 Å². The standard InChI is InChI=1S/C26H30N2O5/c1-3-32-22-14-13-19(15-23(22)33-4-2)24-20-7-5-6-8-21(20)25(29)28(27-24)16-17-9-11-18(12-10-17)26(30)31/h9-15,20-21H,3-8,16H2,1-2H3,(H,30,31)/t20-,21+/m1/s1. The van der Waals surface area contributed by atoms with Crippen LogP contribution < -0.4 is 9.47 Å². The second-order valence-corrected chi connectivity index (χ2v) is 8.41. The van der Waals surface area contributed by atoms with Gasteiger partial charge in [-0.15, -0.1) is 0 Å². The molecule has 7 heteroatoms. The maximum atomic E-state index is 13.3. The smallest absolute Gasteiger partial charge is 0.335 e. The molecule has 2 atom stereocenters. The number of rotatable bonds is 8. The van der Waals surface area contributed by atoms with E-state index in [0.29, 0.717) is 31.3 Å². The van der Waals surface area contributed by atoms with Crippen LogP contribution in [0.15, 0.2) is 47.6 Å². The van der Waals surface area contributed by atoms with E-state index in [-0.39, 0.29) is 23.3 Å². The molecule has 1 saturated carbocycles. The number of hydrogen-bond donors (Lipinski definition) is 1. The first-order valence-corrected chi connectivity index (χ1v) is 11.6. The third-order valence-corrected chi connectivity index (χ3v) is 6.29. The molecular weight excluding hydrogens is 420 g/mol. The Bertz CT molecular complexity index is 1050. The molecule has 33 heavy (non-hydrogen) atoms. The van der Waals surface area contributed by atoms with Crippen molar-refractivity contribution in [2.24, 2.45) is 16.9 Å². The molecule has 0 aromatic heterocycles. The first kappa shape index (κ1) is 22.8. The Morgan fingerprint density at radius 3 is 2.33 bits per heavy atom. The van der Waals surface area contributed by atoms with Crippen LogP contribution in [0.1, 0.15) is 61.0 Å². The van der Waals surface area contributed by atoms with E-state index >= 15 is 0 Å². The lowest BCUT2D eigenvalue weighted by molar-refractivity contribution is -0.139. The van der Waals surface area contributed by atoms with E-state index < -0.39 is 5.97 Å². The van der Waals surface area contributed by atoms with Crippen molar-refractivity contribution in [2.45, 2.75) is 46.1 Å². The molecule has 0 bridgehead atoms. The van der Waals surface area contributed by atoms with Crippen LogP contribution in [0.4, 0.5) is 0 Å². The van der Waals surface area contributed by atoms with Crippen LogP contribution >= 0.6 is 0 Å². The molecule has 1 aliphatic heterocycles. The summed E-state index contributed by atoms with van der Waals surface area (Å²) in [7, 11) is 0. The van der Waals surface area contributed by atoms with Gasteiger partial charge in [0.1, 0.15) is 0 Å². The van der Waals surface area contributed by atoms with Gasteiger partial charge >= 0.3 is 5.97 Å². The summed E-state index contributed by atoms with van der Waals surface area (Å²) in [6, 6.07) is 12.5. The highest BCUT2D eigenvalue weighted by Crippen LogP contribution is 2.39. The van der Waals surface area contributed by atoms with Crippen molar-refractivity contribution in [2.75, 3.05) is 13.2 Å². The highest BCUT2D eigenvalue weighted by molar-refractivity contribution is 6.07. The van der Waals surface area contributed by atoms with Gasteiger partial charge in [-0.1, -0.05) is 25.0 Å². The molecule has 1 N–H and O–H groups in total. The number of nitrogens with zero attached hydrogens (tertiary/aromatic N) is 2. The van der Waals surface area contributed by atoms with E-state index in [2.05, 4.69) is 0 Å². The number of aromatic carboxylic acids is 1. The highest BCUT2D eigenvalue weighted by Gasteiger charge is 2.41. The molecule has 0 spiro atoms. The van der Waals surface area contributed by atoms with Crippen LogP contribution in [0.2, 0.25) is 0 Å². The van der Waals surface area contributed by atoms with Gasteiger partial charge in [0.2, 0.25) is 5.91 Å². The quantitative estimate of drug-likeness (QED) is 0.628. The fourth-order valence-electron chi connectivity index (χ4n) is 4.72. The molecule has 1 aliphatic carbocycles. The number of carbonyl (C=O) groups excluding carboxylic acids is 1. The molecular formula is C26H30N2O5. The number of carbonyl (C=O) groups is 2. The lowest BCUT2D eigenvalue weighted by Gasteiger charge is -2.38. The predicted octanol–water partition coefficient (Wildman–Crippen LogP) is 4.74. The van der Waals surface area contributed by atoms with Gasteiger partial charge in [0.05, 0.1) is 31.0 Å². The third kappa shape index (κ3) is 4.87. The Morgan fingerprint density at radius 2 is 1.67 bits per heavy atom. The topological polar surface area (TPSA) is 88.4 Å². The van der Waals surface area contributed by atoms with Gasteiger partial charge in [0.25, 0.3) is 0 Å². The van der Waals surface area contributed by atoms with Gasteiger partial charge in [-0.2, -0.15) is 5.10 Å². The number of hydrogen-bond acceptors (Lipinski definition) is 5. The summed E-state index contributed by atoms with van der Waals surface area (Å²) < 4.78 is 11.5. The maximum Gasteiger partial charge on any atom is 0.335 e. The molecule has 2 aromatic rings. The molecule has 0 unspecified atom stereocenters. The van der Waals surface area contributed by atoms with Crippen molar-refractivity contribution in [3.8, 4) is 11.5 Å². The Morgan fingerprint density at radius 1 is 1.00 bits per heavy atom. The molecule has 2 aromatic carbocycles. The SMILES string of the molecule is CCOc1ccc(C2=NN(Cc3ccc(C(=O)O)cc3)C(=O)[C@H]3CCCC[C@@H]23)cc1OCC. The molecule has 1 amide bonds. The zero-order chi connectivity index (χ0) is 23.4. The second kappa shape index (κ2) is 10.1. The van der Waals surface area contributed by atoms with Gasteiger partial charge in [0.15, 0.2) is 11.5 Å². The summed E-state index contributed by atoms with van der Waals surface area (Å²) in [6.45, 7) is 5.26. The maximum absolute atomic E-state index is 13.3. The van der Waals surface area contributed by atoms with Gasteiger partial charge in [-0.25, -0.2) is 9.80 Å². The third-order valence-electron chi connectivity index (χ3n) is 6.29. The van der Waals surface area contributed by atoms with E-state index in [4.69, 9.17) is 19.7 Å². The van der Waals surface area contributed by atoms with E-state index in [1.54, 1.807) is 29.3 Å². The molecule has 1 heterocycles. The molecule has 1 fully saturated rings. The van der Waals surface area contributed by atoms with E-state index in [1.165, 1.54) is 0 Å². The predicted molar refractivity (Wildman–Crippen MR) is 125 cm³/mol. The Labute approximate surface area is 194 Å². The Kier molecular flexibility index (Phi) is 6.96. The summed E-state index contributed by atoms with van der Waals surface area (Å²) in [4.78, 5) is 24.4. The summed E-state index contributed by atoms with van der Waals surface area (Å²) in [5.74, 6) is 0.449. The zero-order valence-electron chi connectivity index (χ0n) is 19.1. The van der Waals surface area contributed by atoms with E-state index in [1.807, 2.05) is 32.0 Å². The summed E-state index contributed by atoms with van der Waals surface area (Å²) in [5.41, 5.74) is 2.91. The summed E-state index contributed by atoms with van der Waals surface area (Å²) in [6.07, 6.45) is 3.91. The minimum atomic E-state index is -0.971. The number of carboxylic acid groups (broad SMARTS) is 1. The average Bonchev–Trinajstić information content (AvgIpc) is 2.83. The number of benzene rings is 2. The van der Waals surface area contributed by atoms with Crippen molar-refractivity contribution < 1.29 is 24.2 Å². The highest BCUT2D eigenvalue weighted by atomic mass is 16.5. The average molecular weight is 451 g/mol. The van der Waals surface area contributed by atoms with Crippen molar-refractivity contribution in [1.82, 2.24) is 5.01 Å². The van der Waals surface area contributed by atoms with Crippen molar-refractivity contribution in [3.05, 3.63) is 59.2 Å². The normalized spacial score (nSPS) is 20.1. The number of fused-ring (bicyclic) bond motifs is 1. The molecule has 0 saturated heterocycles. The van der Waals surface area contributed by atoms with Crippen LogP contribution in [0, 0.1) is 11.8 Å². The second-order valence-electron chi connectivity index (χ2n) is 8.41. The van der Waals surface area contributed by atoms with Crippen LogP contribution in [-0.2, 0) is 11.3 Å². The number of carboxylic acids is 1. The van der Waals surface area contributed by atoms with E-state index in [0.717, 1.165) is 42.5 Å². The summed E-state index contributed by atoms with van der Waals surface area (Å²) >= 11 is 0. The van der Waals surface area contributed by atoms with Crippen molar-refractivity contribution in [3.63, 3.8) is 0 Å². The summed E-state index contributed by atoms with van der Waals surface area (Å²) in [5, 5.41) is 15.5. The zero-order valence-corrected chi connectivity index (χ0v) is 19.1. The Balaban J connectivity index is 1.69. The van der Waals surface area contributed by atoms with Gasteiger partial charge in [-0.3, -0.25) is 4.79 Å². The molecule has 174 valence electrons. The van der Waals surface area contributed by atoms with Crippen LogP contribution in [0.25, 0.3) is 0 Å². The first-order valence-electron chi connectivity index (χ1n) is 11.6. The Hall–Kier alpha value is -3.35. The van der Waals surface area contributed by atoms with Crippen molar-refractivity contribution >= 4 is 17.6 Å². The van der Waals surface area contributed by atoms with Gasteiger partial charge in [-0.05, 0) is 62.6 Å². The fourth-order valence-corrected chi connectivity index (χ4v) is 4.72. The monoisotopic (exact) mass is 450 g/mol. The van der Waals surface area contributed by atoms with Gasteiger partial charge in [0, 0.05) is 17.4 Å². The molecule has 7 nitrogen and oxygen atoms in total. The lowest BCUT2D eigenvalue weighted by Crippen LogP contribution is -2.45. The fraction of sp³-hybridized carbons (Fsp3) is 0.423. The minimum Gasteiger partial charge on any atom is -0.490 e. The van der Waals surface area contributed by atoms with Crippen LogP contribution in [0.3, 0.4) is 0 Å². The number of ether oxygens (including phenoxy) is 2. The molecule has 2 aliphatic rings. The minimum absolute atomic E-state index is 0.0433. The lowest BCUT2D eigenvalue weighted by atomic mass is 9.73. The largest absolute Gasteiger partial charge is 0.490 e. The number of amides is 1. The number of hydrazone groups is 1.